The average Bonchev–Trinajstić information content (AvgIpc) is 2.11. The summed E-state index contributed by atoms with van der Waals surface area (Å²) in [6.45, 7) is 7.44. The van der Waals surface area contributed by atoms with Crippen molar-refractivity contribution in [3.63, 3.8) is 0 Å². The van der Waals surface area contributed by atoms with Crippen LogP contribution in [0.15, 0.2) is 18.2 Å². The van der Waals surface area contributed by atoms with E-state index < -0.39 is 11.6 Å². The second kappa shape index (κ2) is 4.89. The van der Waals surface area contributed by atoms with E-state index >= 15 is 0 Å². The first-order valence-corrected chi connectivity index (χ1v) is 5.17. The summed E-state index contributed by atoms with van der Waals surface area (Å²) in [7, 11) is 0. The lowest BCUT2D eigenvalue weighted by molar-refractivity contribution is -0.0866. The summed E-state index contributed by atoms with van der Waals surface area (Å²) in [4.78, 5) is 5.33. The van der Waals surface area contributed by atoms with Crippen molar-refractivity contribution in [2.45, 2.75) is 39.3 Å². The van der Waals surface area contributed by atoms with Crippen LogP contribution in [0.25, 0.3) is 0 Å². The van der Waals surface area contributed by atoms with Gasteiger partial charge in [-0.05, 0) is 45.4 Å². The fourth-order valence-electron chi connectivity index (χ4n) is 1.16. The maximum absolute atomic E-state index is 13.0. The van der Waals surface area contributed by atoms with Crippen LogP contribution < -0.4 is 5.48 Å². The number of hydrogen-bond donors (Lipinski definition) is 1. The minimum atomic E-state index is -0.584. The number of hydroxylamine groups is 1. The molecule has 0 heterocycles. The summed E-state index contributed by atoms with van der Waals surface area (Å²) in [5.41, 5.74) is 2.93. The van der Waals surface area contributed by atoms with Crippen LogP contribution in [0, 0.1) is 11.6 Å². The largest absolute Gasteiger partial charge is 0.296 e. The monoisotopic (exact) mass is 229 g/mol. The molecule has 1 aromatic rings. The molecular weight excluding hydrogens is 212 g/mol. The molecule has 0 radical (unpaired) electrons. The number of hydrogen-bond acceptors (Lipinski definition) is 2. The van der Waals surface area contributed by atoms with E-state index in [0.717, 1.165) is 6.07 Å². The number of halogens is 2. The van der Waals surface area contributed by atoms with Crippen molar-refractivity contribution in [3.05, 3.63) is 35.4 Å². The Kier molecular flexibility index (Phi) is 3.99. The van der Waals surface area contributed by atoms with Crippen molar-refractivity contribution >= 4 is 0 Å². The molecular formula is C12H17F2NO. The van der Waals surface area contributed by atoms with Crippen LogP contribution in [0.1, 0.15) is 39.3 Å². The predicted molar refractivity (Wildman–Crippen MR) is 58.7 cm³/mol. The van der Waals surface area contributed by atoms with Gasteiger partial charge >= 0.3 is 0 Å². The van der Waals surface area contributed by atoms with Crippen LogP contribution in [-0.4, -0.2) is 5.60 Å². The van der Waals surface area contributed by atoms with Gasteiger partial charge in [-0.1, -0.05) is 0 Å². The van der Waals surface area contributed by atoms with Crippen LogP contribution in [0.4, 0.5) is 8.78 Å². The summed E-state index contributed by atoms with van der Waals surface area (Å²) in [5.74, 6) is -1.17. The summed E-state index contributed by atoms with van der Waals surface area (Å²) in [5, 5.41) is 0. The quantitative estimate of drug-likeness (QED) is 0.802. The van der Waals surface area contributed by atoms with Crippen LogP contribution >= 0.6 is 0 Å². The Labute approximate surface area is 94.6 Å². The molecule has 0 spiro atoms. The van der Waals surface area contributed by atoms with Gasteiger partial charge in [0, 0.05) is 6.07 Å². The Hall–Kier alpha value is -1.00. The lowest BCUT2D eigenvalue weighted by atomic mass is 10.1. The second-order valence-corrected chi connectivity index (χ2v) is 4.76. The highest BCUT2D eigenvalue weighted by atomic mass is 19.1. The molecule has 0 aliphatic carbocycles. The molecule has 0 fully saturated rings. The van der Waals surface area contributed by atoms with Crippen molar-refractivity contribution in [2.75, 3.05) is 0 Å². The van der Waals surface area contributed by atoms with Gasteiger partial charge in [0.15, 0.2) is 0 Å². The van der Waals surface area contributed by atoms with E-state index in [-0.39, 0.29) is 11.6 Å². The zero-order valence-electron chi connectivity index (χ0n) is 9.97. The highest BCUT2D eigenvalue weighted by Gasteiger charge is 2.14. The normalized spacial score (nSPS) is 13.9. The van der Waals surface area contributed by atoms with E-state index in [4.69, 9.17) is 4.84 Å². The van der Waals surface area contributed by atoms with E-state index in [1.54, 1.807) is 6.92 Å². The van der Waals surface area contributed by atoms with Gasteiger partial charge in [0.2, 0.25) is 0 Å². The zero-order valence-corrected chi connectivity index (χ0v) is 9.97. The molecule has 0 aliphatic heterocycles. The topological polar surface area (TPSA) is 21.3 Å². The molecule has 0 bridgehead atoms. The minimum absolute atomic E-state index is 0.274. The summed E-state index contributed by atoms with van der Waals surface area (Å²) in [6.07, 6.45) is 0. The predicted octanol–water partition coefficient (Wildman–Crippen LogP) is 3.35. The molecule has 1 aromatic carbocycles. The standard InChI is InChI=1S/C12H17F2NO/c1-8(15-16-12(2,3)4)9-5-10(13)7-11(14)6-9/h5-8,15H,1-4H3. The molecule has 0 aromatic heterocycles. The Balaban J connectivity index is 2.69. The third-order valence-corrected chi connectivity index (χ3v) is 1.93. The molecule has 1 atom stereocenters. The van der Waals surface area contributed by atoms with Gasteiger partial charge in [-0.2, -0.15) is 5.48 Å². The highest BCUT2D eigenvalue weighted by molar-refractivity contribution is 5.20. The Morgan fingerprint density at radius 2 is 1.62 bits per heavy atom. The SMILES string of the molecule is CC(NOC(C)(C)C)c1cc(F)cc(F)c1. The van der Waals surface area contributed by atoms with Crippen LogP contribution in [0.3, 0.4) is 0 Å². The molecule has 0 amide bonds. The Morgan fingerprint density at radius 1 is 1.12 bits per heavy atom. The third-order valence-electron chi connectivity index (χ3n) is 1.93. The minimum Gasteiger partial charge on any atom is -0.296 e. The van der Waals surface area contributed by atoms with Crippen molar-refractivity contribution in [3.8, 4) is 0 Å². The van der Waals surface area contributed by atoms with Crippen LogP contribution in [-0.2, 0) is 4.84 Å². The second-order valence-electron chi connectivity index (χ2n) is 4.76. The van der Waals surface area contributed by atoms with Crippen molar-refractivity contribution in [1.29, 1.82) is 0 Å². The van der Waals surface area contributed by atoms with E-state index in [1.807, 2.05) is 20.8 Å². The molecule has 4 heteroatoms. The third kappa shape index (κ3) is 4.24. The number of nitrogens with one attached hydrogen (secondary N) is 1. The molecule has 0 saturated heterocycles. The number of benzene rings is 1. The van der Waals surface area contributed by atoms with Gasteiger partial charge in [0.1, 0.15) is 11.6 Å². The Morgan fingerprint density at radius 3 is 2.06 bits per heavy atom. The lowest BCUT2D eigenvalue weighted by Crippen LogP contribution is -2.31. The van der Waals surface area contributed by atoms with Crippen LogP contribution in [0.5, 0.6) is 0 Å². The summed E-state index contributed by atoms with van der Waals surface area (Å²) in [6, 6.07) is 3.14. The van der Waals surface area contributed by atoms with Gasteiger partial charge < -0.3 is 0 Å². The van der Waals surface area contributed by atoms with Gasteiger partial charge in [-0.25, -0.2) is 8.78 Å². The molecule has 0 saturated carbocycles. The molecule has 0 aliphatic rings. The molecule has 1 rings (SSSR count). The molecule has 16 heavy (non-hydrogen) atoms. The molecule has 90 valence electrons. The van der Waals surface area contributed by atoms with Gasteiger partial charge in [-0.3, -0.25) is 4.84 Å². The Bertz CT molecular complexity index is 340. The van der Waals surface area contributed by atoms with Gasteiger partial charge in [0.25, 0.3) is 0 Å². The first-order chi connectivity index (χ1) is 7.28. The first-order valence-electron chi connectivity index (χ1n) is 5.17. The summed E-state index contributed by atoms with van der Waals surface area (Å²) >= 11 is 0. The lowest BCUT2D eigenvalue weighted by Gasteiger charge is -2.23. The van der Waals surface area contributed by atoms with E-state index in [9.17, 15) is 8.78 Å². The summed E-state index contributed by atoms with van der Waals surface area (Å²) < 4.78 is 25.9. The van der Waals surface area contributed by atoms with Crippen molar-refractivity contribution < 1.29 is 13.6 Å². The smallest absolute Gasteiger partial charge is 0.126 e. The van der Waals surface area contributed by atoms with Crippen molar-refractivity contribution in [2.24, 2.45) is 0 Å². The average molecular weight is 229 g/mol. The van der Waals surface area contributed by atoms with Crippen LogP contribution in [0.2, 0.25) is 0 Å². The van der Waals surface area contributed by atoms with E-state index in [0.29, 0.717) is 5.56 Å². The molecule has 1 N–H and O–H groups in total. The number of rotatable bonds is 3. The van der Waals surface area contributed by atoms with Crippen molar-refractivity contribution in [1.82, 2.24) is 5.48 Å². The van der Waals surface area contributed by atoms with Gasteiger partial charge in [-0.15, -0.1) is 0 Å². The van der Waals surface area contributed by atoms with Gasteiger partial charge in [0.05, 0.1) is 11.6 Å². The fourth-order valence-corrected chi connectivity index (χ4v) is 1.16. The maximum atomic E-state index is 13.0. The highest BCUT2D eigenvalue weighted by Crippen LogP contribution is 2.17. The zero-order chi connectivity index (χ0) is 12.3. The maximum Gasteiger partial charge on any atom is 0.126 e. The molecule has 2 nitrogen and oxygen atoms in total. The first kappa shape index (κ1) is 13.1. The van der Waals surface area contributed by atoms with E-state index in [2.05, 4.69) is 5.48 Å². The van der Waals surface area contributed by atoms with E-state index in [1.165, 1.54) is 12.1 Å². The molecule has 1 unspecified atom stereocenters. The fraction of sp³-hybridized carbons (Fsp3) is 0.500.